The molecule has 0 bridgehead atoms. The summed E-state index contributed by atoms with van der Waals surface area (Å²) in [5.74, 6) is -0.0467. The Hall–Kier alpha value is -3.09. The van der Waals surface area contributed by atoms with Gasteiger partial charge in [0.1, 0.15) is 5.82 Å². The Morgan fingerprint density at radius 1 is 1.14 bits per heavy atom. The SMILES string of the molecule is O=C(O)CC1CCN(C(=O)NCCCNc2ccccn2)Cc2ccccc21. The first kappa shape index (κ1) is 19.7. The van der Waals surface area contributed by atoms with Gasteiger partial charge in [-0.05, 0) is 42.0 Å². The smallest absolute Gasteiger partial charge is 0.317 e. The number of hydrogen-bond acceptors (Lipinski definition) is 4. The summed E-state index contributed by atoms with van der Waals surface area (Å²) in [5, 5.41) is 15.4. The topological polar surface area (TPSA) is 94.6 Å². The second kappa shape index (κ2) is 9.73. The highest BCUT2D eigenvalue weighted by Crippen LogP contribution is 2.31. The lowest BCUT2D eigenvalue weighted by molar-refractivity contribution is -0.137. The van der Waals surface area contributed by atoms with Crippen LogP contribution in [0.15, 0.2) is 48.7 Å². The van der Waals surface area contributed by atoms with Crippen molar-refractivity contribution < 1.29 is 14.7 Å². The molecule has 1 unspecified atom stereocenters. The van der Waals surface area contributed by atoms with Gasteiger partial charge in [0.2, 0.25) is 0 Å². The van der Waals surface area contributed by atoms with Crippen LogP contribution in [0.3, 0.4) is 0 Å². The third-order valence-electron chi connectivity index (χ3n) is 4.91. The lowest BCUT2D eigenvalue weighted by atomic mass is 9.90. The highest BCUT2D eigenvalue weighted by Gasteiger charge is 2.26. The molecular formula is C21H26N4O3. The number of amides is 2. The van der Waals surface area contributed by atoms with Gasteiger partial charge in [0.25, 0.3) is 0 Å². The zero-order valence-corrected chi connectivity index (χ0v) is 15.8. The Morgan fingerprint density at radius 3 is 2.75 bits per heavy atom. The number of rotatable bonds is 7. The molecule has 1 aliphatic rings. The molecule has 0 spiro atoms. The van der Waals surface area contributed by atoms with Crippen LogP contribution >= 0.6 is 0 Å². The van der Waals surface area contributed by atoms with Crippen molar-refractivity contribution in [1.29, 1.82) is 0 Å². The second-order valence-electron chi connectivity index (χ2n) is 6.93. The molecule has 28 heavy (non-hydrogen) atoms. The number of pyridine rings is 1. The number of aromatic nitrogens is 1. The third kappa shape index (κ3) is 5.45. The number of urea groups is 1. The van der Waals surface area contributed by atoms with Crippen LogP contribution in [0.25, 0.3) is 0 Å². The fraction of sp³-hybridized carbons (Fsp3) is 0.381. The van der Waals surface area contributed by atoms with Crippen molar-refractivity contribution in [3.63, 3.8) is 0 Å². The van der Waals surface area contributed by atoms with Crippen LogP contribution in [-0.2, 0) is 11.3 Å². The van der Waals surface area contributed by atoms with E-state index in [-0.39, 0.29) is 18.4 Å². The Kier molecular flexibility index (Phi) is 6.84. The van der Waals surface area contributed by atoms with Gasteiger partial charge in [0.05, 0.1) is 6.42 Å². The molecule has 3 N–H and O–H groups in total. The van der Waals surface area contributed by atoms with Crippen molar-refractivity contribution in [1.82, 2.24) is 15.2 Å². The van der Waals surface area contributed by atoms with E-state index < -0.39 is 5.97 Å². The number of anilines is 1. The minimum absolute atomic E-state index is 0.0610. The normalized spacial score (nSPS) is 16.0. The summed E-state index contributed by atoms with van der Waals surface area (Å²) in [5.41, 5.74) is 2.07. The number of carboxylic acids is 1. The summed E-state index contributed by atoms with van der Waals surface area (Å²) < 4.78 is 0. The lowest BCUT2D eigenvalue weighted by Crippen LogP contribution is -2.40. The first-order chi connectivity index (χ1) is 13.6. The molecule has 0 fully saturated rings. The van der Waals surface area contributed by atoms with Gasteiger partial charge in [0.15, 0.2) is 0 Å². The van der Waals surface area contributed by atoms with Crippen LogP contribution in [0.4, 0.5) is 10.6 Å². The molecule has 2 amide bonds. The van der Waals surface area contributed by atoms with Crippen LogP contribution in [0.1, 0.15) is 36.3 Å². The molecule has 148 valence electrons. The van der Waals surface area contributed by atoms with E-state index in [1.54, 1.807) is 11.1 Å². The van der Waals surface area contributed by atoms with E-state index in [1.165, 1.54) is 0 Å². The summed E-state index contributed by atoms with van der Waals surface area (Å²) in [4.78, 5) is 29.8. The second-order valence-corrected chi connectivity index (χ2v) is 6.93. The van der Waals surface area contributed by atoms with Gasteiger partial charge >= 0.3 is 12.0 Å². The monoisotopic (exact) mass is 382 g/mol. The van der Waals surface area contributed by atoms with Crippen molar-refractivity contribution >= 4 is 17.8 Å². The van der Waals surface area contributed by atoms with E-state index in [9.17, 15) is 14.7 Å². The van der Waals surface area contributed by atoms with E-state index >= 15 is 0 Å². The minimum atomic E-state index is -0.807. The fourth-order valence-corrected chi connectivity index (χ4v) is 3.50. The number of nitrogens with one attached hydrogen (secondary N) is 2. The van der Waals surface area contributed by atoms with Gasteiger partial charge < -0.3 is 20.6 Å². The van der Waals surface area contributed by atoms with Crippen LogP contribution in [0, 0.1) is 0 Å². The number of carbonyl (C=O) groups is 2. The van der Waals surface area contributed by atoms with Crippen LogP contribution < -0.4 is 10.6 Å². The number of carbonyl (C=O) groups excluding carboxylic acids is 1. The molecule has 0 saturated heterocycles. The van der Waals surface area contributed by atoms with Gasteiger partial charge in [-0.15, -0.1) is 0 Å². The Morgan fingerprint density at radius 2 is 1.96 bits per heavy atom. The van der Waals surface area contributed by atoms with Crippen molar-refractivity contribution in [2.75, 3.05) is 25.0 Å². The number of nitrogens with zero attached hydrogens (tertiary/aromatic N) is 2. The van der Waals surface area contributed by atoms with Crippen molar-refractivity contribution in [3.8, 4) is 0 Å². The average Bonchev–Trinajstić information content (AvgIpc) is 2.88. The Balaban J connectivity index is 1.50. The quantitative estimate of drug-likeness (QED) is 0.640. The molecular weight excluding hydrogens is 356 g/mol. The average molecular weight is 382 g/mol. The molecule has 3 rings (SSSR count). The van der Waals surface area contributed by atoms with Gasteiger partial charge in [-0.2, -0.15) is 0 Å². The number of aliphatic carboxylic acids is 1. The fourth-order valence-electron chi connectivity index (χ4n) is 3.50. The Bertz CT molecular complexity index is 797. The van der Waals surface area contributed by atoms with E-state index in [1.807, 2.05) is 42.5 Å². The van der Waals surface area contributed by atoms with E-state index in [4.69, 9.17) is 0 Å². The highest BCUT2D eigenvalue weighted by atomic mass is 16.4. The maximum atomic E-state index is 12.6. The van der Waals surface area contributed by atoms with Gasteiger partial charge in [0, 0.05) is 32.4 Å². The predicted molar refractivity (Wildman–Crippen MR) is 107 cm³/mol. The molecule has 1 aromatic carbocycles. The standard InChI is InChI=1S/C21H26N4O3/c26-20(27)14-16-9-13-25(15-17-6-1-2-7-18(16)17)21(28)24-12-5-11-23-19-8-3-4-10-22-19/h1-4,6-8,10,16H,5,9,11-15H2,(H,22,23)(H,24,28)(H,26,27). The van der Waals surface area contributed by atoms with E-state index in [2.05, 4.69) is 15.6 Å². The first-order valence-corrected chi connectivity index (χ1v) is 9.61. The number of hydrogen-bond donors (Lipinski definition) is 3. The first-order valence-electron chi connectivity index (χ1n) is 9.61. The maximum Gasteiger partial charge on any atom is 0.317 e. The number of fused-ring (bicyclic) bond motifs is 1. The molecule has 7 nitrogen and oxygen atoms in total. The van der Waals surface area contributed by atoms with Gasteiger partial charge in [-0.3, -0.25) is 4.79 Å². The minimum Gasteiger partial charge on any atom is -0.481 e. The molecule has 0 radical (unpaired) electrons. The third-order valence-corrected chi connectivity index (χ3v) is 4.91. The van der Waals surface area contributed by atoms with E-state index in [0.29, 0.717) is 26.1 Å². The molecule has 7 heteroatoms. The van der Waals surface area contributed by atoms with Crippen LogP contribution in [0.5, 0.6) is 0 Å². The zero-order valence-electron chi connectivity index (χ0n) is 15.8. The van der Waals surface area contributed by atoms with Crippen molar-refractivity contribution in [2.24, 2.45) is 0 Å². The number of benzene rings is 1. The summed E-state index contributed by atoms with van der Waals surface area (Å²) in [6.45, 7) is 2.34. The molecule has 2 heterocycles. The molecule has 0 aliphatic carbocycles. The van der Waals surface area contributed by atoms with Crippen LogP contribution in [0.2, 0.25) is 0 Å². The molecule has 0 saturated carbocycles. The number of carboxylic acid groups (broad SMARTS) is 1. The van der Waals surface area contributed by atoms with Crippen molar-refractivity contribution in [3.05, 3.63) is 59.8 Å². The summed E-state index contributed by atoms with van der Waals surface area (Å²) in [7, 11) is 0. The van der Waals surface area contributed by atoms with Gasteiger partial charge in [-0.25, -0.2) is 9.78 Å². The highest BCUT2D eigenvalue weighted by molar-refractivity contribution is 5.74. The largest absolute Gasteiger partial charge is 0.481 e. The van der Waals surface area contributed by atoms with Gasteiger partial charge in [-0.1, -0.05) is 30.3 Å². The van der Waals surface area contributed by atoms with Crippen LogP contribution in [-0.4, -0.2) is 46.6 Å². The van der Waals surface area contributed by atoms with Crippen molar-refractivity contribution in [2.45, 2.75) is 31.7 Å². The maximum absolute atomic E-state index is 12.6. The molecule has 1 atom stereocenters. The Labute approximate surface area is 164 Å². The predicted octanol–water partition coefficient (Wildman–Crippen LogP) is 3.06. The summed E-state index contributed by atoms with van der Waals surface area (Å²) in [6, 6.07) is 13.4. The molecule has 1 aromatic heterocycles. The molecule has 1 aliphatic heterocycles. The zero-order chi connectivity index (χ0) is 19.8. The van der Waals surface area contributed by atoms with E-state index in [0.717, 1.165) is 29.9 Å². The molecule has 2 aromatic rings. The lowest BCUT2D eigenvalue weighted by Gasteiger charge is -2.21. The summed E-state index contributed by atoms with van der Waals surface area (Å²) in [6.07, 6.45) is 3.26. The summed E-state index contributed by atoms with van der Waals surface area (Å²) >= 11 is 0.